The van der Waals surface area contributed by atoms with E-state index < -0.39 is 0 Å². The second kappa shape index (κ2) is 8.55. The van der Waals surface area contributed by atoms with Crippen LogP contribution in [0, 0.1) is 0 Å². The number of nitrogens with one attached hydrogen (secondary N) is 2. The molecule has 2 aromatic heterocycles. The van der Waals surface area contributed by atoms with E-state index >= 15 is 0 Å². The zero-order valence-corrected chi connectivity index (χ0v) is 18.2. The van der Waals surface area contributed by atoms with Gasteiger partial charge in [-0.3, -0.25) is 0 Å². The lowest BCUT2D eigenvalue weighted by Gasteiger charge is -2.08. The van der Waals surface area contributed by atoms with Crippen molar-refractivity contribution in [1.29, 1.82) is 0 Å². The van der Waals surface area contributed by atoms with Gasteiger partial charge in [0.05, 0.1) is 49.1 Å². The summed E-state index contributed by atoms with van der Waals surface area (Å²) in [7, 11) is 3.27. The third-order valence-corrected chi connectivity index (χ3v) is 5.49. The molecule has 0 aliphatic heterocycles. The Morgan fingerprint density at radius 2 is 1.03 bits per heavy atom. The quantitative estimate of drug-likeness (QED) is 0.324. The van der Waals surface area contributed by atoms with Crippen molar-refractivity contribution in [3.8, 4) is 62.5 Å². The van der Waals surface area contributed by atoms with E-state index in [0.717, 1.165) is 34.0 Å². The first-order valence-corrected chi connectivity index (χ1v) is 10.4. The van der Waals surface area contributed by atoms with E-state index in [4.69, 9.17) is 9.47 Å². The molecule has 0 amide bonds. The van der Waals surface area contributed by atoms with Crippen molar-refractivity contribution in [2.24, 2.45) is 0 Å². The van der Waals surface area contributed by atoms with Crippen LogP contribution < -0.4 is 9.47 Å². The van der Waals surface area contributed by atoms with Gasteiger partial charge in [0.1, 0.15) is 28.9 Å². The molecule has 5 rings (SSSR count). The average Bonchev–Trinajstić information content (AvgIpc) is 3.54. The summed E-state index contributed by atoms with van der Waals surface area (Å²) in [6, 6.07) is 20.9. The highest BCUT2D eigenvalue weighted by Gasteiger charge is 2.17. The number of imidazole rings is 2. The van der Waals surface area contributed by atoms with Crippen LogP contribution in [0.3, 0.4) is 0 Å². The van der Waals surface area contributed by atoms with Crippen LogP contribution in [0.1, 0.15) is 0 Å². The molecule has 0 saturated heterocycles. The number of para-hydroxylation sites is 3. The Balaban J connectivity index is 1.51. The molecular weight excluding hydrogens is 416 g/mol. The molecule has 0 unspecified atom stereocenters. The number of hydrogen-bond donors (Lipinski definition) is 3. The van der Waals surface area contributed by atoms with Gasteiger partial charge in [-0.15, -0.1) is 0 Å². The summed E-state index contributed by atoms with van der Waals surface area (Å²) >= 11 is 0. The molecule has 0 atom stereocenters. The summed E-state index contributed by atoms with van der Waals surface area (Å²) in [6.07, 6.45) is 3.46. The highest BCUT2D eigenvalue weighted by atomic mass is 16.5. The Hall–Kier alpha value is -4.52. The van der Waals surface area contributed by atoms with Gasteiger partial charge in [0.25, 0.3) is 0 Å². The molecule has 0 spiro atoms. The molecule has 3 aromatic carbocycles. The largest absolute Gasteiger partial charge is 0.506 e. The van der Waals surface area contributed by atoms with Gasteiger partial charge in [-0.1, -0.05) is 30.3 Å². The van der Waals surface area contributed by atoms with Crippen LogP contribution in [0.5, 0.6) is 17.2 Å². The number of ether oxygens (including phenoxy) is 2. The van der Waals surface area contributed by atoms with Crippen molar-refractivity contribution in [3.05, 3.63) is 79.1 Å². The van der Waals surface area contributed by atoms with Gasteiger partial charge in [-0.05, 0) is 36.4 Å². The Morgan fingerprint density at radius 1 is 0.606 bits per heavy atom. The molecule has 0 radical (unpaired) electrons. The number of phenols is 1. The fraction of sp³-hybridized carbons (Fsp3) is 0.0769. The highest BCUT2D eigenvalue weighted by molar-refractivity contribution is 5.79. The van der Waals surface area contributed by atoms with Crippen LogP contribution in [0.4, 0.5) is 0 Å². The average molecular weight is 438 g/mol. The highest BCUT2D eigenvalue weighted by Crippen LogP contribution is 2.38. The van der Waals surface area contributed by atoms with Crippen LogP contribution in [0.15, 0.2) is 79.1 Å². The van der Waals surface area contributed by atoms with E-state index in [1.54, 1.807) is 26.6 Å². The summed E-state index contributed by atoms with van der Waals surface area (Å²) in [5.74, 6) is 2.66. The van der Waals surface area contributed by atoms with E-state index in [1.807, 2.05) is 66.7 Å². The van der Waals surface area contributed by atoms with Crippen molar-refractivity contribution < 1.29 is 14.6 Å². The van der Waals surface area contributed by atoms with Gasteiger partial charge in [-0.25, -0.2) is 9.97 Å². The lowest BCUT2D eigenvalue weighted by atomic mass is 10.1. The monoisotopic (exact) mass is 438 g/mol. The van der Waals surface area contributed by atoms with Crippen molar-refractivity contribution in [2.75, 3.05) is 14.2 Å². The third-order valence-electron chi connectivity index (χ3n) is 5.49. The van der Waals surface area contributed by atoms with Crippen molar-refractivity contribution in [3.63, 3.8) is 0 Å². The maximum absolute atomic E-state index is 11.1. The number of benzene rings is 3. The number of aromatic nitrogens is 4. The molecule has 0 aliphatic carbocycles. The number of aromatic amines is 2. The Bertz CT molecular complexity index is 1320. The van der Waals surface area contributed by atoms with Crippen molar-refractivity contribution in [1.82, 2.24) is 19.9 Å². The topological polar surface area (TPSA) is 96.1 Å². The number of phenolic OH excluding ortho intramolecular Hbond substituents is 1. The van der Waals surface area contributed by atoms with Gasteiger partial charge in [0.2, 0.25) is 0 Å². The smallest absolute Gasteiger partial charge is 0.141 e. The minimum Gasteiger partial charge on any atom is -0.506 e. The number of H-pyrrole nitrogens is 2. The van der Waals surface area contributed by atoms with Crippen LogP contribution in [0.25, 0.3) is 45.3 Å². The predicted molar refractivity (Wildman–Crippen MR) is 127 cm³/mol. The first kappa shape index (κ1) is 20.4. The normalized spacial score (nSPS) is 10.8. The summed E-state index contributed by atoms with van der Waals surface area (Å²) < 4.78 is 10.9. The Morgan fingerprint density at radius 3 is 1.48 bits per heavy atom. The van der Waals surface area contributed by atoms with Crippen molar-refractivity contribution >= 4 is 0 Å². The molecular formula is C26H22N4O3. The van der Waals surface area contributed by atoms with E-state index in [2.05, 4.69) is 19.9 Å². The fourth-order valence-corrected chi connectivity index (χ4v) is 3.85. The van der Waals surface area contributed by atoms with Crippen LogP contribution in [-0.2, 0) is 0 Å². The summed E-state index contributed by atoms with van der Waals surface area (Å²) in [4.78, 5) is 15.6. The summed E-state index contributed by atoms with van der Waals surface area (Å²) in [5.41, 5.74) is 4.52. The standard InChI is InChI=1S/C26H22N4O3/c1-32-22-12-5-3-8-16(22)20-14-27-25(29-20)18-10-7-11-19(24(18)31)26-28-15-21(30-26)17-9-4-6-13-23(17)33-2/h3-15,31H,1-2H3,(H,27,29)(H,28,30). The number of nitrogens with zero attached hydrogens (tertiary/aromatic N) is 2. The molecule has 0 bridgehead atoms. The first-order chi connectivity index (χ1) is 16.2. The predicted octanol–water partition coefficient (Wildman–Crippen LogP) is 5.52. The molecule has 5 aromatic rings. The Kier molecular flexibility index (Phi) is 5.28. The SMILES string of the molecule is COc1ccccc1-c1cnc(-c2cccc(-c3ncc(-c4ccccc4OC)[nH]3)c2O)[nH]1. The van der Waals surface area contributed by atoms with Gasteiger partial charge in [0.15, 0.2) is 0 Å². The molecule has 7 nitrogen and oxygen atoms in total. The second-order valence-electron chi connectivity index (χ2n) is 7.39. The second-order valence-corrected chi connectivity index (χ2v) is 7.39. The first-order valence-electron chi connectivity index (χ1n) is 10.4. The minimum atomic E-state index is 0.0827. The third kappa shape index (κ3) is 3.70. The minimum absolute atomic E-state index is 0.0827. The van der Waals surface area contributed by atoms with Crippen LogP contribution in [-0.4, -0.2) is 39.3 Å². The van der Waals surface area contributed by atoms with E-state index in [0.29, 0.717) is 22.8 Å². The van der Waals surface area contributed by atoms with Crippen LogP contribution >= 0.6 is 0 Å². The van der Waals surface area contributed by atoms with E-state index in [9.17, 15) is 5.11 Å². The number of aromatic hydroxyl groups is 1. The maximum Gasteiger partial charge on any atom is 0.141 e. The number of hydrogen-bond acceptors (Lipinski definition) is 5. The fourth-order valence-electron chi connectivity index (χ4n) is 3.85. The van der Waals surface area contributed by atoms with Crippen molar-refractivity contribution in [2.45, 2.75) is 0 Å². The van der Waals surface area contributed by atoms with Gasteiger partial charge in [0, 0.05) is 11.1 Å². The van der Waals surface area contributed by atoms with Gasteiger partial charge in [-0.2, -0.15) is 0 Å². The van der Waals surface area contributed by atoms with Gasteiger partial charge < -0.3 is 24.5 Å². The number of rotatable bonds is 6. The van der Waals surface area contributed by atoms with E-state index in [-0.39, 0.29) is 5.75 Å². The Labute approximate surface area is 190 Å². The lowest BCUT2D eigenvalue weighted by Crippen LogP contribution is -1.89. The molecule has 3 N–H and O–H groups in total. The molecule has 164 valence electrons. The zero-order chi connectivity index (χ0) is 22.8. The van der Waals surface area contributed by atoms with Crippen LogP contribution in [0.2, 0.25) is 0 Å². The van der Waals surface area contributed by atoms with Gasteiger partial charge >= 0.3 is 0 Å². The summed E-state index contributed by atoms with van der Waals surface area (Å²) in [6.45, 7) is 0. The molecule has 33 heavy (non-hydrogen) atoms. The zero-order valence-electron chi connectivity index (χ0n) is 18.2. The summed E-state index contributed by atoms with van der Waals surface area (Å²) in [5, 5.41) is 11.1. The van der Waals surface area contributed by atoms with E-state index in [1.165, 1.54) is 0 Å². The number of methoxy groups -OCH3 is 2. The lowest BCUT2D eigenvalue weighted by molar-refractivity contribution is 0.416. The molecule has 0 fully saturated rings. The molecule has 0 saturated carbocycles. The molecule has 7 heteroatoms. The molecule has 2 heterocycles. The maximum atomic E-state index is 11.1. The molecule has 0 aliphatic rings.